The maximum atomic E-state index is 14.5. The molecule has 7 atom stereocenters. The minimum absolute atomic E-state index is 0.0358. The van der Waals surface area contributed by atoms with E-state index >= 15 is 0 Å². The minimum atomic E-state index is -1.61. The van der Waals surface area contributed by atoms with Crippen LogP contribution >= 0.6 is 0 Å². The number of carbonyl (C=O) groups is 2. The van der Waals surface area contributed by atoms with Crippen molar-refractivity contribution in [2.45, 2.75) is 105 Å². The fraction of sp³-hybridized carbons (Fsp3) is 0.719. The molecule has 1 unspecified atom stereocenters. The van der Waals surface area contributed by atoms with Gasteiger partial charge < -0.3 is 16.6 Å². The summed E-state index contributed by atoms with van der Waals surface area (Å²) in [5.74, 6) is -0.890. The molecule has 6 heteroatoms. The van der Waals surface area contributed by atoms with Crippen LogP contribution in [-0.2, 0) is 9.59 Å². The van der Waals surface area contributed by atoms with Crippen molar-refractivity contribution in [3.63, 3.8) is 0 Å². The van der Waals surface area contributed by atoms with Crippen molar-refractivity contribution in [1.29, 1.82) is 5.26 Å². The largest absolute Gasteiger partial charge is 0.402 e. The molecule has 0 saturated heterocycles. The first-order valence-electron chi connectivity index (χ1n) is 14.2. The van der Waals surface area contributed by atoms with Crippen molar-refractivity contribution < 1.29 is 14.7 Å². The Labute approximate surface area is 227 Å². The molecule has 5 N–H and O–H groups in total. The highest BCUT2D eigenvalue weighted by Gasteiger charge is 2.77. The van der Waals surface area contributed by atoms with Gasteiger partial charge in [-0.05, 0) is 67.4 Å². The van der Waals surface area contributed by atoms with Crippen LogP contribution in [0.4, 0.5) is 0 Å². The Morgan fingerprint density at radius 2 is 1.63 bits per heavy atom. The van der Waals surface area contributed by atoms with Crippen LogP contribution in [0.15, 0.2) is 35.6 Å². The van der Waals surface area contributed by atoms with Crippen molar-refractivity contribution in [1.82, 2.24) is 0 Å². The molecule has 3 saturated carbocycles. The Bertz CT molecular complexity index is 1280. The zero-order valence-electron chi connectivity index (χ0n) is 24.3. The van der Waals surface area contributed by atoms with Crippen LogP contribution < -0.4 is 11.5 Å². The van der Waals surface area contributed by atoms with Gasteiger partial charge >= 0.3 is 0 Å². The van der Waals surface area contributed by atoms with Gasteiger partial charge in [0.2, 0.25) is 0 Å². The normalized spacial score (nSPS) is 48.8. The Kier molecular flexibility index (Phi) is 5.24. The molecule has 6 nitrogen and oxygen atoms in total. The van der Waals surface area contributed by atoms with Crippen molar-refractivity contribution in [3.05, 3.63) is 35.6 Å². The first-order chi connectivity index (χ1) is 17.2. The quantitative estimate of drug-likeness (QED) is 0.453. The summed E-state index contributed by atoms with van der Waals surface area (Å²) in [4.78, 5) is 27.8. The molecule has 0 aliphatic heterocycles. The van der Waals surface area contributed by atoms with Gasteiger partial charge in [0.1, 0.15) is 11.7 Å². The predicted octanol–water partition coefficient (Wildman–Crippen LogP) is 4.87. The Balaban J connectivity index is 1.79. The van der Waals surface area contributed by atoms with Gasteiger partial charge in [-0.1, -0.05) is 61.1 Å². The van der Waals surface area contributed by atoms with Gasteiger partial charge in [0.15, 0.2) is 11.6 Å². The van der Waals surface area contributed by atoms with Crippen molar-refractivity contribution >= 4 is 11.6 Å². The van der Waals surface area contributed by atoms with E-state index in [9.17, 15) is 20.0 Å². The highest BCUT2D eigenvalue weighted by Crippen LogP contribution is 2.76. The maximum Gasteiger partial charge on any atom is 0.188 e. The van der Waals surface area contributed by atoms with Crippen molar-refractivity contribution in [2.24, 2.45) is 49.9 Å². The van der Waals surface area contributed by atoms with Gasteiger partial charge in [0, 0.05) is 38.8 Å². The molecule has 0 aromatic carbocycles. The number of nitrogens with two attached hydrogens (primary N) is 2. The van der Waals surface area contributed by atoms with Gasteiger partial charge in [-0.2, -0.15) is 5.26 Å². The number of aliphatic hydroxyl groups is 1. The highest BCUT2D eigenvalue weighted by molar-refractivity contribution is 6.06. The lowest BCUT2D eigenvalue weighted by Gasteiger charge is -2.73. The Morgan fingerprint density at radius 3 is 2.21 bits per heavy atom. The number of nitrogens with zero attached hydrogens (tertiary/aromatic N) is 1. The Hall–Kier alpha value is -2.23. The van der Waals surface area contributed by atoms with E-state index in [2.05, 4.69) is 40.3 Å². The standard InChI is InChI=1S/C32H45N3O3/c1-19(34)30-12-9-25(2,3)17-22(30)32(38)23(36)15-21-27(6,29(32,8)11-13-30)10-14-31(35)26(4,5)24(37)20(18-33)16-28(21,31)7/h15-16,22,38H,1,9-14,17,34-35H2,2-8H3/t22?,27-,28-,29+,30-,31-,32-/m1/s1. The highest BCUT2D eigenvalue weighted by atomic mass is 16.3. The second-order valence-electron chi connectivity index (χ2n) is 15.3. The second-order valence-corrected chi connectivity index (χ2v) is 15.3. The molecule has 0 aromatic heterocycles. The van der Waals surface area contributed by atoms with Gasteiger partial charge in [0.25, 0.3) is 0 Å². The Morgan fingerprint density at radius 1 is 1.03 bits per heavy atom. The van der Waals surface area contributed by atoms with Crippen LogP contribution in [0.5, 0.6) is 0 Å². The average Bonchev–Trinajstić information content (AvgIpc) is 2.83. The van der Waals surface area contributed by atoms with Crippen LogP contribution in [0.2, 0.25) is 0 Å². The van der Waals surface area contributed by atoms with Crippen LogP contribution in [0.1, 0.15) is 93.4 Å². The molecule has 5 rings (SSSR count). The van der Waals surface area contributed by atoms with E-state index < -0.39 is 38.2 Å². The summed E-state index contributed by atoms with van der Waals surface area (Å²) >= 11 is 0. The molecule has 0 radical (unpaired) electrons. The fourth-order valence-electron chi connectivity index (χ4n) is 10.1. The van der Waals surface area contributed by atoms with E-state index in [-0.39, 0.29) is 28.5 Å². The summed E-state index contributed by atoms with van der Waals surface area (Å²) in [6.07, 6.45) is 8.42. The third-order valence-corrected chi connectivity index (χ3v) is 13.2. The summed E-state index contributed by atoms with van der Waals surface area (Å²) in [5.41, 5.74) is 8.89. The first-order valence-corrected chi connectivity index (χ1v) is 14.2. The molecule has 0 spiro atoms. The molecule has 0 bridgehead atoms. The molecule has 5 aliphatic carbocycles. The molecule has 0 amide bonds. The predicted molar refractivity (Wildman–Crippen MR) is 147 cm³/mol. The van der Waals surface area contributed by atoms with E-state index in [1.54, 1.807) is 12.2 Å². The van der Waals surface area contributed by atoms with E-state index in [0.29, 0.717) is 31.4 Å². The third-order valence-electron chi connectivity index (χ3n) is 13.2. The number of rotatable bonds is 1. The second kappa shape index (κ2) is 7.29. The number of hydrogen-bond acceptors (Lipinski definition) is 6. The van der Waals surface area contributed by atoms with Crippen LogP contribution in [0.3, 0.4) is 0 Å². The van der Waals surface area contributed by atoms with Gasteiger partial charge in [0.05, 0.1) is 5.57 Å². The van der Waals surface area contributed by atoms with E-state index in [0.717, 1.165) is 24.8 Å². The van der Waals surface area contributed by atoms with Crippen LogP contribution in [0.25, 0.3) is 0 Å². The van der Waals surface area contributed by atoms with E-state index in [1.807, 2.05) is 20.8 Å². The molecular weight excluding hydrogens is 474 g/mol. The summed E-state index contributed by atoms with van der Waals surface area (Å²) in [6, 6.07) is 2.11. The smallest absolute Gasteiger partial charge is 0.188 e. The topological polar surface area (TPSA) is 130 Å². The minimum Gasteiger partial charge on any atom is -0.402 e. The average molecular weight is 520 g/mol. The van der Waals surface area contributed by atoms with Crippen LogP contribution in [0, 0.1) is 49.7 Å². The maximum absolute atomic E-state index is 14.5. The zero-order chi connectivity index (χ0) is 28.5. The van der Waals surface area contributed by atoms with Gasteiger partial charge in [-0.25, -0.2) is 0 Å². The number of carbonyl (C=O) groups excluding carboxylic acids is 2. The molecule has 0 heterocycles. The molecule has 206 valence electrons. The lowest BCUT2D eigenvalue weighted by Crippen LogP contribution is -2.77. The molecule has 0 aromatic rings. The summed E-state index contributed by atoms with van der Waals surface area (Å²) in [6.45, 7) is 18.5. The van der Waals surface area contributed by atoms with Crippen LogP contribution in [-0.4, -0.2) is 27.8 Å². The number of fused-ring (bicyclic) bond motifs is 7. The molecule has 5 aliphatic rings. The molecule has 38 heavy (non-hydrogen) atoms. The van der Waals surface area contributed by atoms with E-state index in [4.69, 9.17) is 11.5 Å². The zero-order valence-corrected chi connectivity index (χ0v) is 24.3. The summed E-state index contributed by atoms with van der Waals surface area (Å²) in [5, 5.41) is 22.8. The number of nitriles is 1. The van der Waals surface area contributed by atoms with Gasteiger partial charge in [-0.3, -0.25) is 9.59 Å². The van der Waals surface area contributed by atoms with Crippen molar-refractivity contribution in [3.8, 4) is 6.07 Å². The van der Waals surface area contributed by atoms with E-state index in [1.165, 1.54) is 0 Å². The lowest BCUT2D eigenvalue weighted by molar-refractivity contribution is -0.240. The number of allylic oxidation sites excluding steroid dienone is 2. The molecular formula is C32H45N3O3. The van der Waals surface area contributed by atoms with Crippen molar-refractivity contribution in [2.75, 3.05) is 0 Å². The first kappa shape index (κ1) is 27.3. The monoisotopic (exact) mass is 519 g/mol. The SMILES string of the molecule is C=C(N)[C@]12CCC(C)(C)CC1[C@@]1(O)C(=O)C=C3[C@@]4(C)C=C(C#N)C(=O)C(C)(C)[C@]4(N)CC[C@@]3(C)[C@]1(C)CC2. The molecule has 3 fully saturated rings. The number of Topliss-reactive ketones (excluding diaryl/α,β-unsaturated/α-hetero) is 1. The number of ketones is 2. The summed E-state index contributed by atoms with van der Waals surface area (Å²) < 4.78 is 0. The lowest BCUT2D eigenvalue weighted by atomic mass is 9.31. The number of hydrogen-bond donors (Lipinski definition) is 3. The fourth-order valence-corrected chi connectivity index (χ4v) is 10.1. The summed E-state index contributed by atoms with van der Waals surface area (Å²) in [7, 11) is 0. The van der Waals surface area contributed by atoms with Gasteiger partial charge in [-0.15, -0.1) is 0 Å². The third kappa shape index (κ3) is 2.66.